The van der Waals surface area contributed by atoms with E-state index in [1.807, 2.05) is 18.2 Å². The topological polar surface area (TPSA) is 92.7 Å². The van der Waals surface area contributed by atoms with Crippen molar-refractivity contribution in [1.82, 2.24) is 5.32 Å². The Labute approximate surface area is 220 Å². The van der Waals surface area contributed by atoms with Crippen molar-refractivity contribution in [1.29, 1.82) is 0 Å². The minimum atomic E-state index is -0.269. The fourth-order valence-electron chi connectivity index (χ4n) is 8.24. The minimum Gasteiger partial charge on any atom is -0.508 e. The Bertz CT molecular complexity index is 1080. The zero-order valence-electron chi connectivity index (χ0n) is 22.3. The molecule has 0 radical (unpaired) electrons. The molecule has 4 aliphatic rings. The van der Waals surface area contributed by atoms with E-state index >= 15 is 0 Å². The van der Waals surface area contributed by atoms with Crippen LogP contribution in [0, 0.1) is 28.6 Å². The third-order valence-electron chi connectivity index (χ3n) is 10.4. The summed E-state index contributed by atoms with van der Waals surface area (Å²) in [5, 5.41) is 12.2. The fraction of sp³-hybridized carbons (Fsp3) is 0.645. The first kappa shape index (κ1) is 26.0. The number of hydrogen-bond acceptors (Lipinski definition) is 5. The van der Waals surface area contributed by atoms with Gasteiger partial charge in [0.05, 0.1) is 6.42 Å². The van der Waals surface area contributed by atoms with Gasteiger partial charge in [-0.2, -0.15) is 0 Å². The van der Waals surface area contributed by atoms with Crippen molar-refractivity contribution in [2.75, 3.05) is 6.54 Å². The Hall–Kier alpha value is -2.63. The SMILES string of the molecule is C[C@]12CC[C@H]3[C@@H](CCC4=CC(=O)CC[C@@]43C)[C@@H]1CC[C@@H]2OC(=O)CCC(=O)NCCc1ccc(O)cc1. The summed E-state index contributed by atoms with van der Waals surface area (Å²) in [6.07, 6.45) is 10.8. The number of ketones is 1. The largest absolute Gasteiger partial charge is 0.508 e. The van der Waals surface area contributed by atoms with Crippen LogP contribution in [-0.4, -0.2) is 35.4 Å². The van der Waals surface area contributed by atoms with E-state index in [1.165, 1.54) is 5.57 Å². The molecule has 0 aromatic heterocycles. The van der Waals surface area contributed by atoms with Crippen LogP contribution in [0.5, 0.6) is 5.75 Å². The van der Waals surface area contributed by atoms with Crippen LogP contribution in [0.3, 0.4) is 0 Å². The van der Waals surface area contributed by atoms with Crippen LogP contribution >= 0.6 is 0 Å². The molecule has 0 spiro atoms. The van der Waals surface area contributed by atoms with Crippen LogP contribution in [0.1, 0.15) is 83.6 Å². The van der Waals surface area contributed by atoms with Crippen molar-refractivity contribution in [2.45, 2.75) is 90.6 Å². The number of hydrogen-bond donors (Lipinski definition) is 2. The molecule has 5 rings (SSSR count). The van der Waals surface area contributed by atoms with E-state index in [-0.39, 0.29) is 47.4 Å². The van der Waals surface area contributed by atoms with Crippen LogP contribution in [0.25, 0.3) is 0 Å². The molecule has 6 nitrogen and oxygen atoms in total. The number of carbonyl (C=O) groups is 3. The molecule has 1 aromatic rings. The van der Waals surface area contributed by atoms with Crippen LogP contribution in [0.4, 0.5) is 0 Å². The molecule has 200 valence electrons. The molecule has 37 heavy (non-hydrogen) atoms. The van der Waals surface area contributed by atoms with Crippen molar-refractivity contribution < 1.29 is 24.2 Å². The van der Waals surface area contributed by atoms with E-state index in [0.717, 1.165) is 50.5 Å². The standard InChI is InChI=1S/C31H41NO5/c1-30-16-13-23(34)19-21(30)5-8-24-25-9-10-27(31(25,2)17-14-26(24)30)37-29(36)12-11-28(35)32-18-15-20-3-6-22(33)7-4-20/h3-4,6-7,19,24-27,33H,5,8-18H2,1-2H3,(H,32,35)/t24-,25-,26-,27-,30-,31-/m0/s1. The van der Waals surface area contributed by atoms with Gasteiger partial charge in [0.15, 0.2) is 5.78 Å². The molecule has 0 bridgehead atoms. The maximum Gasteiger partial charge on any atom is 0.306 e. The summed E-state index contributed by atoms with van der Waals surface area (Å²) in [4.78, 5) is 37.1. The zero-order valence-corrected chi connectivity index (χ0v) is 22.3. The number of aromatic hydroxyl groups is 1. The maximum absolute atomic E-state index is 12.7. The summed E-state index contributed by atoms with van der Waals surface area (Å²) in [6.45, 7) is 5.22. The monoisotopic (exact) mass is 507 g/mol. The number of carbonyl (C=O) groups excluding carboxylic acids is 3. The van der Waals surface area contributed by atoms with Crippen molar-refractivity contribution in [2.24, 2.45) is 28.6 Å². The van der Waals surface area contributed by atoms with Gasteiger partial charge in [-0.1, -0.05) is 31.6 Å². The Balaban J connectivity index is 1.11. The molecular weight excluding hydrogens is 466 g/mol. The van der Waals surface area contributed by atoms with Crippen LogP contribution < -0.4 is 5.32 Å². The van der Waals surface area contributed by atoms with Gasteiger partial charge in [0.1, 0.15) is 11.9 Å². The highest BCUT2D eigenvalue weighted by Crippen LogP contribution is 2.65. The van der Waals surface area contributed by atoms with Gasteiger partial charge >= 0.3 is 5.97 Å². The molecule has 2 N–H and O–H groups in total. The number of fused-ring (bicyclic) bond motifs is 5. The normalized spacial score (nSPS) is 34.5. The number of phenols is 1. The maximum atomic E-state index is 12.7. The van der Waals surface area contributed by atoms with Gasteiger partial charge in [-0.3, -0.25) is 14.4 Å². The third-order valence-corrected chi connectivity index (χ3v) is 10.4. The lowest BCUT2D eigenvalue weighted by molar-refractivity contribution is -0.160. The highest BCUT2D eigenvalue weighted by atomic mass is 16.5. The molecule has 0 heterocycles. The molecule has 3 fully saturated rings. The highest BCUT2D eigenvalue weighted by molar-refractivity contribution is 5.91. The van der Waals surface area contributed by atoms with E-state index in [0.29, 0.717) is 42.9 Å². The highest BCUT2D eigenvalue weighted by Gasteiger charge is 2.59. The lowest BCUT2D eigenvalue weighted by Gasteiger charge is -2.57. The third kappa shape index (κ3) is 5.08. The van der Waals surface area contributed by atoms with Crippen molar-refractivity contribution >= 4 is 17.7 Å². The summed E-state index contributed by atoms with van der Waals surface area (Å²) < 4.78 is 6.05. The van der Waals surface area contributed by atoms with Crippen molar-refractivity contribution in [3.05, 3.63) is 41.5 Å². The second kappa shape index (κ2) is 10.3. The van der Waals surface area contributed by atoms with Gasteiger partial charge in [0, 0.05) is 24.8 Å². The van der Waals surface area contributed by atoms with Gasteiger partial charge in [-0.15, -0.1) is 0 Å². The quantitative estimate of drug-likeness (QED) is 0.490. The van der Waals surface area contributed by atoms with E-state index in [9.17, 15) is 19.5 Å². The number of rotatable bonds is 7. The molecule has 0 aliphatic heterocycles. The molecule has 0 unspecified atom stereocenters. The molecule has 3 saturated carbocycles. The Morgan fingerprint density at radius 2 is 1.78 bits per heavy atom. The summed E-state index contributed by atoms with van der Waals surface area (Å²) in [7, 11) is 0. The molecular formula is C31H41NO5. The number of benzene rings is 1. The summed E-state index contributed by atoms with van der Waals surface area (Å²) in [5.41, 5.74) is 2.58. The first-order chi connectivity index (χ1) is 17.7. The Morgan fingerprint density at radius 3 is 2.57 bits per heavy atom. The molecule has 4 aliphatic carbocycles. The van der Waals surface area contributed by atoms with Gasteiger partial charge in [-0.05, 0) is 98.3 Å². The number of nitrogens with one attached hydrogen (secondary N) is 1. The molecule has 1 amide bonds. The molecule has 1 aromatic carbocycles. The van der Waals surface area contributed by atoms with E-state index < -0.39 is 0 Å². The van der Waals surface area contributed by atoms with Crippen LogP contribution in [-0.2, 0) is 25.5 Å². The van der Waals surface area contributed by atoms with Crippen LogP contribution in [0.15, 0.2) is 35.9 Å². The Morgan fingerprint density at radius 1 is 1.00 bits per heavy atom. The van der Waals surface area contributed by atoms with Gasteiger partial charge in [0.25, 0.3) is 0 Å². The van der Waals surface area contributed by atoms with Crippen LogP contribution in [0.2, 0.25) is 0 Å². The number of phenolic OH excluding ortho intramolecular Hbond substituents is 1. The lowest BCUT2D eigenvalue weighted by Crippen LogP contribution is -2.51. The molecule has 6 atom stereocenters. The van der Waals surface area contributed by atoms with Gasteiger partial charge in [0.2, 0.25) is 5.91 Å². The van der Waals surface area contributed by atoms with Crippen molar-refractivity contribution in [3.8, 4) is 5.75 Å². The van der Waals surface area contributed by atoms with Gasteiger partial charge in [-0.25, -0.2) is 0 Å². The first-order valence-corrected chi connectivity index (χ1v) is 14.2. The van der Waals surface area contributed by atoms with Crippen molar-refractivity contribution in [3.63, 3.8) is 0 Å². The van der Waals surface area contributed by atoms with Gasteiger partial charge < -0.3 is 15.2 Å². The first-order valence-electron chi connectivity index (χ1n) is 14.2. The van der Waals surface area contributed by atoms with E-state index in [1.54, 1.807) is 12.1 Å². The Kier molecular flexibility index (Phi) is 7.21. The summed E-state index contributed by atoms with van der Waals surface area (Å²) >= 11 is 0. The smallest absolute Gasteiger partial charge is 0.306 e. The summed E-state index contributed by atoms with van der Waals surface area (Å²) in [6, 6.07) is 6.94. The fourth-order valence-corrected chi connectivity index (χ4v) is 8.24. The second-order valence-electron chi connectivity index (χ2n) is 12.3. The lowest BCUT2D eigenvalue weighted by atomic mass is 9.47. The second-order valence-corrected chi connectivity index (χ2v) is 12.3. The predicted molar refractivity (Wildman–Crippen MR) is 141 cm³/mol. The van der Waals surface area contributed by atoms with E-state index in [2.05, 4.69) is 19.2 Å². The number of ether oxygens (including phenoxy) is 1. The zero-order chi connectivity index (χ0) is 26.2. The molecule has 0 saturated heterocycles. The number of esters is 1. The van der Waals surface area contributed by atoms with E-state index in [4.69, 9.17) is 4.74 Å². The average molecular weight is 508 g/mol. The molecule has 6 heteroatoms. The number of allylic oxidation sites excluding steroid dienone is 1. The predicted octanol–water partition coefficient (Wildman–Crippen LogP) is 5.27. The summed E-state index contributed by atoms with van der Waals surface area (Å²) in [5.74, 6) is 1.93. The number of amides is 1. The average Bonchev–Trinajstić information content (AvgIpc) is 3.20. The minimum absolute atomic E-state index is 0.00523.